The van der Waals surface area contributed by atoms with E-state index in [1.807, 2.05) is 38.1 Å². The Morgan fingerprint density at radius 1 is 1.25 bits per heavy atom. The predicted octanol–water partition coefficient (Wildman–Crippen LogP) is 5.02. The number of hydrogen-bond donors (Lipinski definition) is 0. The van der Waals surface area contributed by atoms with Gasteiger partial charge in [-0.25, -0.2) is 0 Å². The molecule has 1 aromatic rings. The summed E-state index contributed by atoms with van der Waals surface area (Å²) < 4.78 is 5.65. The highest BCUT2D eigenvalue weighted by Crippen LogP contribution is 2.28. The number of carbonyl (C=O) groups excluding carboxylic acids is 1. The van der Waals surface area contributed by atoms with Gasteiger partial charge in [0.1, 0.15) is 5.75 Å². The van der Waals surface area contributed by atoms with Gasteiger partial charge in [0, 0.05) is 12.0 Å². The minimum absolute atomic E-state index is 0.141. The summed E-state index contributed by atoms with van der Waals surface area (Å²) in [5, 5.41) is 0. The number of Topliss-reactive ketones (excluding diaryl/α,β-unsaturated/α-hetero) is 1. The fourth-order valence-corrected chi connectivity index (χ4v) is 2.97. The maximum atomic E-state index is 12.3. The second kappa shape index (κ2) is 7.47. The molecule has 2 heteroatoms. The van der Waals surface area contributed by atoms with E-state index in [0.717, 1.165) is 23.7 Å². The van der Waals surface area contributed by atoms with Gasteiger partial charge in [0.2, 0.25) is 0 Å². The molecule has 110 valence electrons. The molecule has 0 spiro atoms. The molecule has 0 aromatic heterocycles. The van der Waals surface area contributed by atoms with Crippen molar-refractivity contribution >= 4 is 5.78 Å². The van der Waals surface area contributed by atoms with Gasteiger partial charge in [-0.1, -0.05) is 44.2 Å². The van der Waals surface area contributed by atoms with Crippen LogP contribution in [-0.2, 0) is 0 Å². The van der Waals surface area contributed by atoms with Crippen molar-refractivity contribution < 1.29 is 9.53 Å². The van der Waals surface area contributed by atoms with Gasteiger partial charge in [-0.2, -0.15) is 0 Å². The third-order valence-electron chi connectivity index (χ3n) is 4.03. The molecule has 1 saturated carbocycles. The zero-order valence-corrected chi connectivity index (χ0v) is 12.7. The Morgan fingerprint density at radius 3 is 2.70 bits per heavy atom. The zero-order valence-electron chi connectivity index (χ0n) is 12.7. The first-order chi connectivity index (χ1) is 9.65. The summed E-state index contributed by atoms with van der Waals surface area (Å²) in [6.45, 7) is 4.00. The van der Waals surface area contributed by atoms with Crippen LogP contribution < -0.4 is 4.74 Å². The Bertz CT molecular complexity index is 431. The number of benzene rings is 1. The van der Waals surface area contributed by atoms with Crippen LogP contribution in [0.2, 0.25) is 0 Å². The molecule has 0 atom stereocenters. The van der Waals surface area contributed by atoms with Crippen molar-refractivity contribution in [2.75, 3.05) is 0 Å². The van der Waals surface area contributed by atoms with Crippen molar-refractivity contribution in [2.45, 2.75) is 64.9 Å². The average Bonchev–Trinajstić information content (AvgIpc) is 2.45. The number of rotatable bonds is 6. The lowest BCUT2D eigenvalue weighted by Crippen LogP contribution is -2.10. The van der Waals surface area contributed by atoms with Crippen LogP contribution in [-0.4, -0.2) is 11.9 Å². The van der Waals surface area contributed by atoms with Gasteiger partial charge in [0.25, 0.3) is 0 Å². The van der Waals surface area contributed by atoms with E-state index >= 15 is 0 Å². The van der Waals surface area contributed by atoms with Crippen LogP contribution in [0.15, 0.2) is 24.3 Å². The minimum atomic E-state index is 0.141. The normalized spacial score (nSPS) is 16.4. The van der Waals surface area contributed by atoms with Crippen LogP contribution in [0.1, 0.15) is 69.2 Å². The lowest BCUT2D eigenvalue weighted by molar-refractivity contribution is 0.0969. The van der Waals surface area contributed by atoms with Gasteiger partial charge in [-0.15, -0.1) is 0 Å². The maximum absolute atomic E-state index is 12.3. The lowest BCUT2D eigenvalue weighted by Gasteiger charge is -2.20. The summed E-state index contributed by atoms with van der Waals surface area (Å²) in [6, 6.07) is 7.60. The fraction of sp³-hybridized carbons (Fsp3) is 0.611. The van der Waals surface area contributed by atoms with Gasteiger partial charge >= 0.3 is 0 Å². The van der Waals surface area contributed by atoms with Crippen molar-refractivity contribution in [3.8, 4) is 5.75 Å². The highest BCUT2D eigenvalue weighted by Gasteiger charge is 2.15. The SMILES string of the molecule is CC(C)Oc1cccc(C(=O)CCC2CCCCC2)c1. The van der Waals surface area contributed by atoms with E-state index in [1.165, 1.54) is 32.1 Å². The summed E-state index contributed by atoms with van der Waals surface area (Å²) in [5.41, 5.74) is 0.791. The number of ketones is 1. The molecular formula is C18H26O2. The van der Waals surface area contributed by atoms with E-state index in [-0.39, 0.29) is 11.9 Å². The third-order valence-corrected chi connectivity index (χ3v) is 4.03. The molecule has 0 radical (unpaired) electrons. The summed E-state index contributed by atoms with van der Waals surface area (Å²) in [5.74, 6) is 1.82. The highest BCUT2D eigenvalue weighted by atomic mass is 16.5. The molecule has 1 aromatic carbocycles. The molecule has 0 N–H and O–H groups in total. The van der Waals surface area contributed by atoms with Gasteiger partial charge in [0.15, 0.2) is 5.78 Å². The minimum Gasteiger partial charge on any atom is -0.491 e. The Kier molecular flexibility index (Phi) is 5.63. The van der Waals surface area contributed by atoms with E-state index in [0.29, 0.717) is 6.42 Å². The molecule has 1 aliphatic rings. The third kappa shape index (κ3) is 4.66. The summed E-state index contributed by atoms with van der Waals surface area (Å²) in [4.78, 5) is 12.3. The van der Waals surface area contributed by atoms with E-state index < -0.39 is 0 Å². The number of carbonyl (C=O) groups is 1. The fourth-order valence-electron chi connectivity index (χ4n) is 2.97. The van der Waals surface area contributed by atoms with E-state index in [9.17, 15) is 4.79 Å². The lowest BCUT2D eigenvalue weighted by atomic mass is 9.85. The Balaban J connectivity index is 1.88. The first kappa shape index (κ1) is 15.1. The molecule has 1 fully saturated rings. The summed E-state index contributed by atoms with van der Waals surface area (Å²) >= 11 is 0. The molecule has 0 bridgehead atoms. The van der Waals surface area contributed by atoms with Crippen LogP contribution in [0.5, 0.6) is 5.75 Å². The number of hydrogen-bond acceptors (Lipinski definition) is 2. The van der Waals surface area contributed by atoms with Gasteiger partial charge in [-0.05, 0) is 38.3 Å². The first-order valence-corrected chi connectivity index (χ1v) is 7.95. The largest absolute Gasteiger partial charge is 0.491 e. The van der Waals surface area contributed by atoms with Crippen molar-refractivity contribution in [1.29, 1.82) is 0 Å². The molecule has 0 amide bonds. The van der Waals surface area contributed by atoms with Crippen molar-refractivity contribution in [3.63, 3.8) is 0 Å². The Morgan fingerprint density at radius 2 is 2.00 bits per heavy atom. The number of ether oxygens (including phenoxy) is 1. The molecule has 2 nitrogen and oxygen atoms in total. The quantitative estimate of drug-likeness (QED) is 0.681. The molecule has 2 rings (SSSR count). The molecule has 0 heterocycles. The van der Waals surface area contributed by atoms with Crippen LogP contribution in [0, 0.1) is 5.92 Å². The second-order valence-electron chi connectivity index (χ2n) is 6.16. The van der Waals surface area contributed by atoms with Gasteiger partial charge in [0.05, 0.1) is 6.10 Å². The van der Waals surface area contributed by atoms with E-state index in [4.69, 9.17) is 4.74 Å². The average molecular weight is 274 g/mol. The van der Waals surface area contributed by atoms with Gasteiger partial charge in [-0.3, -0.25) is 4.79 Å². The monoisotopic (exact) mass is 274 g/mol. The van der Waals surface area contributed by atoms with Crippen molar-refractivity contribution in [2.24, 2.45) is 5.92 Å². The molecule has 0 aliphatic heterocycles. The predicted molar refractivity (Wildman–Crippen MR) is 82.3 cm³/mol. The standard InChI is InChI=1S/C18H26O2/c1-14(2)20-17-10-6-9-16(13-17)18(19)12-11-15-7-4-3-5-8-15/h6,9-10,13-15H,3-5,7-8,11-12H2,1-2H3. The first-order valence-electron chi connectivity index (χ1n) is 7.95. The maximum Gasteiger partial charge on any atom is 0.163 e. The molecule has 20 heavy (non-hydrogen) atoms. The van der Waals surface area contributed by atoms with E-state index in [1.54, 1.807) is 0 Å². The molecule has 0 unspecified atom stereocenters. The molecule has 0 saturated heterocycles. The smallest absolute Gasteiger partial charge is 0.163 e. The zero-order chi connectivity index (χ0) is 14.4. The Labute approximate surface area is 122 Å². The molecule has 1 aliphatic carbocycles. The van der Waals surface area contributed by atoms with Crippen LogP contribution in [0.3, 0.4) is 0 Å². The van der Waals surface area contributed by atoms with Crippen molar-refractivity contribution in [3.05, 3.63) is 29.8 Å². The van der Waals surface area contributed by atoms with Crippen molar-refractivity contribution in [1.82, 2.24) is 0 Å². The van der Waals surface area contributed by atoms with E-state index in [2.05, 4.69) is 0 Å². The second-order valence-corrected chi connectivity index (χ2v) is 6.16. The summed E-state index contributed by atoms with van der Waals surface area (Å²) in [6.07, 6.45) is 8.55. The molecular weight excluding hydrogens is 248 g/mol. The van der Waals surface area contributed by atoms with Crippen LogP contribution >= 0.6 is 0 Å². The van der Waals surface area contributed by atoms with Crippen LogP contribution in [0.25, 0.3) is 0 Å². The highest BCUT2D eigenvalue weighted by molar-refractivity contribution is 5.96. The topological polar surface area (TPSA) is 26.3 Å². The van der Waals surface area contributed by atoms with Crippen LogP contribution in [0.4, 0.5) is 0 Å². The van der Waals surface area contributed by atoms with Gasteiger partial charge < -0.3 is 4.74 Å². The summed E-state index contributed by atoms with van der Waals surface area (Å²) in [7, 11) is 0. The Hall–Kier alpha value is -1.31.